The molecule has 0 unspecified atom stereocenters. The van der Waals surface area contributed by atoms with Crippen molar-refractivity contribution in [1.29, 1.82) is 0 Å². The summed E-state index contributed by atoms with van der Waals surface area (Å²) in [4.78, 5) is 28.6. The number of thioether (sulfide) groups is 1. The molecule has 0 spiro atoms. The second-order valence-corrected chi connectivity index (χ2v) is 10.5. The van der Waals surface area contributed by atoms with E-state index in [1.165, 1.54) is 17.8 Å². The van der Waals surface area contributed by atoms with E-state index in [0.29, 0.717) is 28.6 Å². The number of hydrogen-bond donors (Lipinski definition) is 1. The highest BCUT2D eigenvalue weighted by molar-refractivity contribution is 7.99. The van der Waals surface area contributed by atoms with Crippen LogP contribution in [0, 0.1) is 5.82 Å². The van der Waals surface area contributed by atoms with Gasteiger partial charge < -0.3 is 10.2 Å². The van der Waals surface area contributed by atoms with Crippen LogP contribution in [0.4, 0.5) is 4.39 Å². The Morgan fingerprint density at radius 3 is 2.43 bits per heavy atom. The Morgan fingerprint density at radius 2 is 1.73 bits per heavy atom. The summed E-state index contributed by atoms with van der Waals surface area (Å²) in [6.07, 6.45) is 2.17. The highest BCUT2D eigenvalue weighted by Crippen LogP contribution is 2.25. The number of unbranched alkanes of at least 4 members (excludes halogenated alkanes) is 1. The zero-order valence-corrected chi connectivity index (χ0v) is 23.1. The smallest absolute Gasteiger partial charge is 0.243 e. The van der Waals surface area contributed by atoms with Gasteiger partial charge in [-0.25, -0.2) is 4.39 Å². The van der Waals surface area contributed by atoms with Crippen molar-refractivity contribution in [2.24, 2.45) is 0 Å². The predicted octanol–water partition coefficient (Wildman–Crippen LogP) is 6.92. The van der Waals surface area contributed by atoms with Crippen molar-refractivity contribution >= 4 is 46.8 Å². The van der Waals surface area contributed by atoms with Crippen LogP contribution in [0.25, 0.3) is 0 Å². The van der Waals surface area contributed by atoms with Crippen molar-refractivity contribution in [3.63, 3.8) is 0 Å². The van der Waals surface area contributed by atoms with E-state index in [1.807, 2.05) is 42.5 Å². The van der Waals surface area contributed by atoms with Crippen LogP contribution in [-0.4, -0.2) is 35.1 Å². The van der Waals surface area contributed by atoms with Crippen molar-refractivity contribution in [2.45, 2.75) is 44.5 Å². The molecule has 1 N–H and O–H groups in total. The van der Waals surface area contributed by atoms with Gasteiger partial charge in [0.2, 0.25) is 11.8 Å². The van der Waals surface area contributed by atoms with Gasteiger partial charge in [-0.2, -0.15) is 0 Å². The van der Waals surface area contributed by atoms with Gasteiger partial charge >= 0.3 is 0 Å². The second-order valence-electron chi connectivity index (χ2n) is 8.69. The summed E-state index contributed by atoms with van der Waals surface area (Å²) in [6, 6.07) is 20.7. The third-order valence-corrected chi connectivity index (χ3v) is 7.41. The number of hydrogen-bond acceptors (Lipinski definition) is 3. The lowest BCUT2D eigenvalue weighted by molar-refractivity contribution is -0.139. The molecule has 0 radical (unpaired) electrons. The summed E-state index contributed by atoms with van der Waals surface area (Å²) in [5.74, 6) is -0.508. The molecule has 3 aromatic carbocycles. The molecule has 2 amide bonds. The summed E-state index contributed by atoms with van der Waals surface area (Å²) < 4.78 is 14.2. The van der Waals surface area contributed by atoms with Gasteiger partial charge in [-0.15, -0.1) is 11.8 Å². The van der Waals surface area contributed by atoms with Crippen molar-refractivity contribution in [3.05, 3.63) is 105 Å². The molecule has 3 aromatic rings. The molecule has 0 aliphatic carbocycles. The number of nitrogens with one attached hydrogen (secondary N) is 1. The summed E-state index contributed by atoms with van der Waals surface area (Å²) in [7, 11) is 0. The van der Waals surface area contributed by atoms with Gasteiger partial charge in [0.25, 0.3) is 0 Å². The Morgan fingerprint density at radius 1 is 1.00 bits per heavy atom. The maximum atomic E-state index is 14.2. The number of benzene rings is 3. The van der Waals surface area contributed by atoms with Crippen molar-refractivity contribution < 1.29 is 14.0 Å². The molecule has 4 nitrogen and oxygen atoms in total. The fourth-order valence-electron chi connectivity index (χ4n) is 3.89. The number of nitrogens with zero attached hydrogens (tertiary/aromatic N) is 1. The molecule has 37 heavy (non-hydrogen) atoms. The lowest BCUT2D eigenvalue weighted by Gasteiger charge is -2.31. The number of amides is 2. The second kappa shape index (κ2) is 15.0. The zero-order chi connectivity index (χ0) is 26.6. The fraction of sp³-hybridized carbons (Fsp3) is 0.310. The first-order valence-corrected chi connectivity index (χ1v) is 14.2. The number of rotatable bonds is 13. The highest BCUT2D eigenvalue weighted by atomic mass is 35.5. The molecule has 0 fully saturated rings. The average molecular weight is 562 g/mol. The maximum Gasteiger partial charge on any atom is 0.243 e. The number of carbonyl (C=O) groups excluding carboxylic acids is 2. The maximum absolute atomic E-state index is 14.2. The molecule has 0 aliphatic rings. The van der Waals surface area contributed by atoms with Gasteiger partial charge in [0.15, 0.2) is 0 Å². The van der Waals surface area contributed by atoms with Crippen LogP contribution in [0.15, 0.2) is 72.8 Å². The minimum Gasteiger partial charge on any atom is -0.354 e. The molecule has 0 bridgehead atoms. The van der Waals surface area contributed by atoms with Gasteiger partial charge in [-0.05, 0) is 41.8 Å². The van der Waals surface area contributed by atoms with E-state index in [9.17, 15) is 14.0 Å². The molecule has 3 rings (SSSR count). The van der Waals surface area contributed by atoms with E-state index < -0.39 is 11.9 Å². The van der Waals surface area contributed by atoms with E-state index in [4.69, 9.17) is 23.2 Å². The zero-order valence-electron chi connectivity index (χ0n) is 20.8. The quantitative estimate of drug-likeness (QED) is 0.231. The normalized spacial score (nSPS) is 11.7. The van der Waals surface area contributed by atoms with Crippen LogP contribution in [0.2, 0.25) is 10.0 Å². The standard InChI is InChI=1S/C29H31Cl2FN2O2S/c1-2-3-15-33-29(36)27(17-21-9-5-4-6-10-21)34(18-22-11-7-12-23(30)16-22)28(35)20-37-19-24-25(31)13-8-14-26(24)32/h4-14,16,27H,2-3,15,17-20H2,1H3,(H,33,36)/t27-/m0/s1. The van der Waals surface area contributed by atoms with E-state index in [2.05, 4.69) is 12.2 Å². The molecule has 0 aliphatic heterocycles. The van der Waals surface area contributed by atoms with Gasteiger partial charge in [0.05, 0.1) is 5.75 Å². The third-order valence-electron chi connectivity index (χ3n) is 5.88. The van der Waals surface area contributed by atoms with Gasteiger partial charge in [-0.3, -0.25) is 9.59 Å². The van der Waals surface area contributed by atoms with Crippen LogP contribution < -0.4 is 5.32 Å². The highest BCUT2D eigenvalue weighted by Gasteiger charge is 2.30. The predicted molar refractivity (Wildman–Crippen MR) is 151 cm³/mol. The Kier molecular flexibility index (Phi) is 11.8. The first kappa shape index (κ1) is 29.0. The molecule has 0 saturated carbocycles. The molecule has 0 saturated heterocycles. The molecule has 0 heterocycles. The van der Waals surface area contributed by atoms with E-state index in [-0.39, 0.29) is 29.9 Å². The molecule has 8 heteroatoms. The SMILES string of the molecule is CCCCNC(=O)[C@H](Cc1ccccc1)N(Cc1cccc(Cl)c1)C(=O)CSCc1c(F)cccc1Cl. The summed E-state index contributed by atoms with van der Waals surface area (Å²) in [5, 5.41) is 3.88. The van der Waals surface area contributed by atoms with Crippen molar-refractivity contribution in [2.75, 3.05) is 12.3 Å². The molecule has 0 aromatic heterocycles. The molecule has 196 valence electrons. The Hall–Kier alpha value is -2.54. The van der Waals surface area contributed by atoms with Crippen molar-refractivity contribution in [3.8, 4) is 0 Å². The molecular formula is C29H31Cl2FN2O2S. The minimum atomic E-state index is -0.719. The van der Waals surface area contributed by atoms with E-state index in [0.717, 1.165) is 24.0 Å². The minimum absolute atomic E-state index is 0.0682. The van der Waals surface area contributed by atoms with Crippen LogP contribution >= 0.6 is 35.0 Å². The van der Waals surface area contributed by atoms with E-state index >= 15 is 0 Å². The number of carbonyl (C=O) groups is 2. The first-order chi connectivity index (χ1) is 17.9. The summed E-state index contributed by atoms with van der Waals surface area (Å²) in [5.41, 5.74) is 2.14. The Labute approximate surface area is 232 Å². The fourth-order valence-corrected chi connectivity index (χ4v) is 5.35. The lowest BCUT2D eigenvalue weighted by atomic mass is 10.0. The summed E-state index contributed by atoms with van der Waals surface area (Å²) in [6.45, 7) is 2.82. The largest absolute Gasteiger partial charge is 0.354 e. The van der Waals surface area contributed by atoms with E-state index in [1.54, 1.807) is 29.2 Å². The van der Waals surface area contributed by atoms with Crippen LogP contribution in [0.5, 0.6) is 0 Å². The van der Waals surface area contributed by atoms with Gasteiger partial charge in [0.1, 0.15) is 11.9 Å². The Bertz CT molecular complexity index is 1160. The van der Waals surface area contributed by atoms with Gasteiger partial charge in [0, 0.05) is 40.9 Å². The molecule has 1 atom stereocenters. The average Bonchev–Trinajstić information content (AvgIpc) is 2.88. The Balaban J connectivity index is 1.85. The van der Waals surface area contributed by atoms with Crippen LogP contribution in [-0.2, 0) is 28.3 Å². The van der Waals surface area contributed by atoms with Crippen LogP contribution in [0.1, 0.15) is 36.5 Å². The van der Waals surface area contributed by atoms with Crippen LogP contribution in [0.3, 0.4) is 0 Å². The summed E-state index contributed by atoms with van der Waals surface area (Å²) >= 11 is 13.6. The van der Waals surface area contributed by atoms with Gasteiger partial charge in [-0.1, -0.05) is 85.1 Å². The monoisotopic (exact) mass is 560 g/mol. The molecular weight excluding hydrogens is 530 g/mol. The number of halogens is 3. The topological polar surface area (TPSA) is 49.4 Å². The first-order valence-electron chi connectivity index (χ1n) is 12.2. The van der Waals surface area contributed by atoms with Crippen molar-refractivity contribution in [1.82, 2.24) is 10.2 Å². The lowest BCUT2D eigenvalue weighted by Crippen LogP contribution is -2.51. The third kappa shape index (κ3) is 9.06.